The van der Waals surface area contributed by atoms with Gasteiger partial charge in [-0.2, -0.15) is 0 Å². The van der Waals surface area contributed by atoms with Gasteiger partial charge in [-0.25, -0.2) is 0 Å². The van der Waals surface area contributed by atoms with E-state index in [1.807, 2.05) is 12.3 Å². The Labute approximate surface area is 103 Å². The predicted octanol–water partition coefficient (Wildman–Crippen LogP) is 3.20. The lowest BCUT2D eigenvalue weighted by Crippen LogP contribution is -2.04. The average Bonchev–Trinajstić information content (AvgIpc) is 2.40. The first kappa shape index (κ1) is 11.8. The normalized spacial score (nSPS) is 12.4. The van der Waals surface area contributed by atoms with Gasteiger partial charge < -0.3 is 5.73 Å². The van der Waals surface area contributed by atoms with Gasteiger partial charge in [0, 0.05) is 12.4 Å². The fourth-order valence-corrected chi connectivity index (χ4v) is 1.95. The summed E-state index contributed by atoms with van der Waals surface area (Å²) < 4.78 is 0. The van der Waals surface area contributed by atoms with Crippen molar-refractivity contribution < 1.29 is 0 Å². The molecule has 2 rings (SSSR count). The second-order valence-electron chi connectivity index (χ2n) is 4.34. The number of pyridine rings is 1. The third-order valence-corrected chi connectivity index (χ3v) is 3.07. The summed E-state index contributed by atoms with van der Waals surface area (Å²) in [7, 11) is 0. The molecule has 0 aliphatic carbocycles. The van der Waals surface area contributed by atoms with Gasteiger partial charge in [-0.1, -0.05) is 37.3 Å². The van der Waals surface area contributed by atoms with Crippen LogP contribution in [-0.2, 0) is 0 Å². The third kappa shape index (κ3) is 2.92. The Bertz CT molecular complexity index is 448. The minimum Gasteiger partial charge on any atom is -0.330 e. The largest absolute Gasteiger partial charge is 0.330 e. The molecule has 1 unspecified atom stereocenters. The topological polar surface area (TPSA) is 38.9 Å². The van der Waals surface area contributed by atoms with Crippen LogP contribution in [0.25, 0.3) is 11.1 Å². The van der Waals surface area contributed by atoms with E-state index in [4.69, 9.17) is 5.73 Å². The maximum Gasteiger partial charge on any atom is 0.0346 e. The van der Waals surface area contributed by atoms with Crippen molar-refractivity contribution in [3.05, 3.63) is 54.4 Å². The molecule has 1 aromatic heterocycles. The van der Waals surface area contributed by atoms with E-state index in [1.54, 1.807) is 6.20 Å². The van der Waals surface area contributed by atoms with Gasteiger partial charge >= 0.3 is 0 Å². The van der Waals surface area contributed by atoms with E-state index in [9.17, 15) is 0 Å². The maximum atomic E-state index is 5.58. The highest BCUT2D eigenvalue weighted by Gasteiger charge is 2.04. The summed E-state index contributed by atoms with van der Waals surface area (Å²) in [5.74, 6) is 0.531. The molecular weight excluding hydrogens is 208 g/mol. The molecule has 2 nitrogen and oxygen atoms in total. The minimum atomic E-state index is 0.531. The first-order chi connectivity index (χ1) is 8.31. The number of rotatable bonds is 4. The van der Waals surface area contributed by atoms with Crippen LogP contribution in [0.1, 0.15) is 24.8 Å². The van der Waals surface area contributed by atoms with Gasteiger partial charge in [0.2, 0.25) is 0 Å². The molecule has 0 amide bonds. The number of nitrogens with two attached hydrogens (primary N) is 1. The fraction of sp³-hybridized carbons (Fsp3) is 0.267. The van der Waals surface area contributed by atoms with Gasteiger partial charge in [-0.3, -0.25) is 4.98 Å². The van der Waals surface area contributed by atoms with Crippen molar-refractivity contribution in [1.29, 1.82) is 0 Å². The molecule has 0 bridgehead atoms. The highest BCUT2D eigenvalue weighted by Crippen LogP contribution is 2.23. The van der Waals surface area contributed by atoms with Crippen LogP contribution in [0.3, 0.4) is 0 Å². The van der Waals surface area contributed by atoms with Gasteiger partial charge in [0.05, 0.1) is 0 Å². The van der Waals surface area contributed by atoms with Crippen LogP contribution in [0.2, 0.25) is 0 Å². The van der Waals surface area contributed by atoms with Gasteiger partial charge in [0.25, 0.3) is 0 Å². The Hall–Kier alpha value is -1.67. The fourth-order valence-electron chi connectivity index (χ4n) is 1.95. The molecule has 17 heavy (non-hydrogen) atoms. The predicted molar refractivity (Wildman–Crippen MR) is 71.8 cm³/mol. The maximum absolute atomic E-state index is 5.58. The molecule has 0 aliphatic rings. The number of hydrogen-bond donors (Lipinski definition) is 1. The Morgan fingerprint density at radius 3 is 2.47 bits per heavy atom. The smallest absolute Gasteiger partial charge is 0.0346 e. The van der Waals surface area contributed by atoms with Crippen molar-refractivity contribution in [3.8, 4) is 11.1 Å². The molecule has 2 heteroatoms. The van der Waals surface area contributed by atoms with Gasteiger partial charge in [0.15, 0.2) is 0 Å². The van der Waals surface area contributed by atoms with Crippen molar-refractivity contribution in [1.82, 2.24) is 4.98 Å². The standard InChI is InChI=1S/C15H18N2/c1-12(8-9-16)13-4-6-14(7-5-13)15-3-2-10-17-11-15/h2-7,10-12H,8-9,16H2,1H3. The van der Waals surface area contributed by atoms with E-state index in [2.05, 4.69) is 42.2 Å². The van der Waals surface area contributed by atoms with E-state index in [0.717, 1.165) is 18.5 Å². The summed E-state index contributed by atoms with van der Waals surface area (Å²) in [4.78, 5) is 4.13. The first-order valence-electron chi connectivity index (χ1n) is 6.01. The van der Waals surface area contributed by atoms with Crippen molar-refractivity contribution in [3.63, 3.8) is 0 Å². The lowest BCUT2D eigenvalue weighted by molar-refractivity contribution is 0.690. The van der Waals surface area contributed by atoms with Gasteiger partial charge in [0.1, 0.15) is 0 Å². The Balaban J connectivity index is 2.19. The molecule has 0 fully saturated rings. The molecule has 1 atom stereocenters. The zero-order valence-corrected chi connectivity index (χ0v) is 10.1. The minimum absolute atomic E-state index is 0.531. The van der Waals surface area contributed by atoms with Crippen molar-refractivity contribution in [2.75, 3.05) is 6.54 Å². The van der Waals surface area contributed by atoms with E-state index in [1.165, 1.54) is 11.1 Å². The van der Waals surface area contributed by atoms with E-state index in [-0.39, 0.29) is 0 Å². The monoisotopic (exact) mass is 226 g/mol. The SMILES string of the molecule is CC(CCN)c1ccc(-c2cccnc2)cc1. The molecule has 88 valence electrons. The molecule has 1 heterocycles. The van der Waals surface area contributed by atoms with Crippen LogP contribution >= 0.6 is 0 Å². The van der Waals surface area contributed by atoms with Crippen LogP contribution in [-0.4, -0.2) is 11.5 Å². The lowest BCUT2D eigenvalue weighted by atomic mass is 9.96. The molecule has 0 saturated heterocycles. The van der Waals surface area contributed by atoms with Crippen LogP contribution < -0.4 is 5.73 Å². The molecule has 0 spiro atoms. The molecule has 1 aromatic carbocycles. The number of nitrogens with zero attached hydrogens (tertiary/aromatic N) is 1. The summed E-state index contributed by atoms with van der Waals surface area (Å²) in [6.45, 7) is 2.96. The molecule has 2 aromatic rings. The summed E-state index contributed by atoms with van der Waals surface area (Å²) in [6.07, 6.45) is 4.71. The Kier molecular flexibility index (Phi) is 3.89. The van der Waals surface area contributed by atoms with Crippen LogP contribution in [0.4, 0.5) is 0 Å². The zero-order chi connectivity index (χ0) is 12.1. The highest BCUT2D eigenvalue weighted by atomic mass is 14.6. The van der Waals surface area contributed by atoms with Crippen LogP contribution in [0.15, 0.2) is 48.8 Å². The summed E-state index contributed by atoms with van der Waals surface area (Å²) in [6, 6.07) is 12.7. The third-order valence-electron chi connectivity index (χ3n) is 3.07. The molecule has 2 N–H and O–H groups in total. The Morgan fingerprint density at radius 1 is 1.12 bits per heavy atom. The summed E-state index contributed by atoms with van der Waals surface area (Å²) in [5, 5.41) is 0. The molecule has 0 radical (unpaired) electrons. The van der Waals surface area contributed by atoms with Crippen LogP contribution in [0, 0.1) is 0 Å². The van der Waals surface area contributed by atoms with Crippen LogP contribution in [0.5, 0.6) is 0 Å². The van der Waals surface area contributed by atoms with Crippen molar-refractivity contribution in [2.24, 2.45) is 5.73 Å². The van der Waals surface area contributed by atoms with E-state index < -0.39 is 0 Å². The molecular formula is C15H18N2. The zero-order valence-electron chi connectivity index (χ0n) is 10.1. The quantitative estimate of drug-likeness (QED) is 0.869. The number of hydrogen-bond acceptors (Lipinski definition) is 2. The van der Waals surface area contributed by atoms with E-state index >= 15 is 0 Å². The first-order valence-corrected chi connectivity index (χ1v) is 6.01. The summed E-state index contributed by atoms with van der Waals surface area (Å²) in [5.41, 5.74) is 9.30. The van der Waals surface area contributed by atoms with Gasteiger partial charge in [-0.15, -0.1) is 0 Å². The highest BCUT2D eigenvalue weighted by molar-refractivity contribution is 5.62. The number of aromatic nitrogens is 1. The Morgan fingerprint density at radius 2 is 1.88 bits per heavy atom. The number of benzene rings is 1. The summed E-state index contributed by atoms with van der Waals surface area (Å²) >= 11 is 0. The second-order valence-corrected chi connectivity index (χ2v) is 4.34. The van der Waals surface area contributed by atoms with Crippen molar-refractivity contribution in [2.45, 2.75) is 19.3 Å². The average molecular weight is 226 g/mol. The lowest BCUT2D eigenvalue weighted by Gasteiger charge is -2.11. The van der Waals surface area contributed by atoms with Crippen molar-refractivity contribution >= 4 is 0 Å². The second kappa shape index (κ2) is 5.60. The van der Waals surface area contributed by atoms with Gasteiger partial charge in [-0.05, 0) is 41.6 Å². The molecule has 0 aliphatic heterocycles. The van der Waals surface area contributed by atoms with E-state index in [0.29, 0.717) is 5.92 Å². The molecule has 0 saturated carbocycles.